The highest BCUT2D eigenvalue weighted by molar-refractivity contribution is 7.85. The molecule has 6 heteroatoms. The molecule has 0 amide bonds. The summed E-state index contributed by atoms with van der Waals surface area (Å²) in [7, 11) is -3.73. The lowest BCUT2D eigenvalue weighted by molar-refractivity contribution is -0.120. The van der Waals surface area contributed by atoms with Crippen LogP contribution in [0.4, 0.5) is 0 Å². The molecular formula is C14H21NO4S. The van der Waals surface area contributed by atoms with Gasteiger partial charge in [-0.25, -0.2) is 0 Å². The van der Waals surface area contributed by atoms with E-state index in [-0.39, 0.29) is 23.6 Å². The molecule has 0 heterocycles. The fraction of sp³-hybridized carbons (Fsp3) is 0.500. The second-order valence-electron chi connectivity index (χ2n) is 5.59. The van der Waals surface area contributed by atoms with Crippen LogP contribution in [0.3, 0.4) is 0 Å². The van der Waals surface area contributed by atoms with Crippen molar-refractivity contribution in [2.24, 2.45) is 0 Å². The van der Waals surface area contributed by atoms with Gasteiger partial charge in [-0.2, -0.15) is 8.42 Å². The van der Waals surface area contributed by atoms with Crippen LogP contribution < -0.4 is 5.32 Å². The summed E-state index contributed by atoms with van der Waals surface area (Å²) in [6.45, 7) is 5.43. The van der Waals surface area contributed by atoms with Crippen molar-refractivity contribution in [2.45, 2.75) is 32.1 Å². The van der Waals surface area contributed by atoms with Crippen LogP contribution in [0.15, 0.2) is 30.3 Å². The van der Waals surface area contributed by atoms with Crippen molar-refractivity contribution in [1.29, 1.82) is 0 Å². The van der Waals surface area contributed by atoms with Crippen LogP contribution in [-0.2, 0) is 24.8 Å². The third-order valence-corrected chi connectivity index (χ3v) is 3.57. The van der Waals surface area contributed by atoms with Crippen LogP contribution in [0, 0.1) is 0 Å². The van der Waals surface area contributed by atoms with Crippen molar-refractivity contribution in [3.05, 3.63) is 35.9 Å². The number of hydrogen-bond donors (Lipinski definition) is 1. The summed E-state index contributed by atoms with van der Waals surface area (Å²) in [5.41, 5.74) is 0.436. The van der Waals surface area contributed by atoms with E-state index in [0.29, 0.717) is 5.56 Å². The van der Waals surface area contributed by atoms with Crippen LogP contribution >= 0.6 is 0 Å². The maximum absolute atomic E-state index is 11.7. The standard InChI is InChI=1S/C14H21NO4S/c1-14(2,3)15-9-13(16)10-19-20(17,18)11-12-7-5-4-6-8-12/h4-8,15H,9-11H2,1-3H3. The summed E-state index contributed by atoms with van der Waals surface area (Å²) < 4.78 is 28.2. The Kier molecular flexibility index (Phi) is 5.86. The molecule has 20 heavy (non-hydrogen) atoms. The fourth-order valence-electron chi connectivity index (χ4n) is 1.39. The van der Waals surface area contributed by atoms with E-state index in [4.69, 9.17) is 4.18 Å². The van der Waals surface area contributed by atoms with Gasteiger partial charge in [0.25, 0.3) is 10.1 Å². The zero-order valence-electron chi connectivity index (χ0n) is 12.0. The summed E-state index contributed by atoms with van der Waals surface area (Å²) in [5.74, 6) is -0.523. The lowest BCUT2D eigenvalue weighted by Gasteiger charge is -2.19. The van der Waals surface area contributed by atoms with Gasteiger partial charge in [0.15, 0.2) is 5.78 Å². The van der Waals surface area contributed by atoms with E-state index in [1.54, 1.807) is 30.3 Å². The SMILES string of the molecule is CC(C)(C)NCC(=O)COS(=O)(=O)Cc1ccccc1. The van der Waals surface area contributed by atoms with Crippen molar-refractivity contribution in [2.75, 3.05) is 13.2 Å². The largest absolute Gasteiger partial charge is 0.305 e. The van der Waals surface area contributed by atoms with Crippen LogP contribution in [0.25, 0.3) is 0 Å². The minimum Gasteiger partial charge on any atom is -0.305 e. The van der Waals surface area contributed by atoms with Crippen molar-refractivity contribution < 1.29 is 17.4 Å². The number of benzene rings is 1. The molecule has 0 saturated heterocycles. The Labute approximate surface area is 120 Å². The van der Waals surface area contributed by atoms with E-state index in [1.165, 1.54) is 0 Å². The second-order valence-corrected chi connectivity index (χ2v) is 7.23. The highest BCUT2D eigenvalue weighted by Crippen LogP contribution is 2.07. The van der Waals surface area contributed by atoms with Crippen molar-refractivity contribution in [3.8, 4) is 0 Å². The predicted molar refractivity (Wildman–Crippen MR) is 77.8 cm³/mol. The van der Waals surface area contributed by atoms with Gasteiger partial charge in [-0.1, -0.05) is 30.3 Å². The molecule has 0 spiro atoms. The summed E-state index contributed by atoms with van der Waals surface area (Å²) in [6, 6.07) is 8.71. The minimum atomic E-state index is -3.73. The molecule has 112 valence electrons. The highest BCUT2D eigenvalue weighted by Gasteiger charge is 2.16. The molecule has 0 fully saturated rings. The van der Waals surface area contributed by atoms with Gasteiger partial charge in [0.2, 0.25) is 0 Å². The van der Waals surface area contributed by atoms with E-state index in [2.05, 4.69) is 5.32 Å². The number of ketones is 1. The number of carbonyl (C=O) groups excluding carboxylic acids is 1. The smallest absolute Gasteiger partial charge is 0.271 e. The summed E-state index contributed by atoms with van der Waals surface area (Å²) in [6.07, 6.45) is 0. The predicted octanol–water partition coefficient (Wildman–Crippen LogP) is 1.49. The topological polar surface area (TPSA) is 72.5 Å². The molecule has 5 nitrogen and oxygen atoms in total. The Morgan fingerprint density at radius 3 is 2.35 bits per heavy atom. The molecule has 0 aliphatic heterocycles. The molecule has 0 saturated carbocycles. The van der Waals surface area contributed by atoms with Gasteiger partial charge in [-0.15, -0.1) is 0 Å². The molecule has 0 bridgehead atoms. The number of Topliss-reactive ketones (excluding diaryl/α,β-unsaturated/α-hetero) is 1. The van der Waals surface area contributed by atoms with Gasteiger partial charge in [-0.05, 0) is 26.3 Å². The third kappa shape index (κ3) is 7.37. The normalized spacial score (nSPS) is 12.3. The summed E-state index contributed by atoms with van der Waals surface area (Å²) in [5, 5.41) is 2.98. The monoisotopic (exact) mass is 299 g/mol. The third-order valence-electron chi connectivity index (χ3n) is 2.40. The molecule has 1 rings (SSSR count). The second kappa shape index (κ2) is 6.97. The molecule has 1 aromatic carbocycles. The molecule has 0 aliphatic carbocycles. The van der Waals surface area contributed by atoms with E-state index in [0.717, 1.165) is 0 Å². The van der Waals surface area contributed by atoms with E-state index in [9.17, 15) is 13.2 Å². The van der Waals surface area contributed by atoms with Crippen molar-refractivity contribution in [1.82, 2.24) is 5.32 Å². The molecule has 1 N–H and O–H groups in total. The number of hydrogen-bond acceptors (Lipinski definition) is 5. The van der Waals surface area contributed by atoms with Crippen molar-refractivity contribution in [3.63, 3.8) is 0 Å². The molecule has 0 atom stereocenters. The first kappa shape index (κ1) is 16.8. The van der Waals surface area contributed by atoms with Crippen LogP contribution in [0.2, 0.25) is 0 Å². The average Bonchev–Trinajstić information content (AvgIpc) is 2.34. The van der Waals surface area contributed by atoms with Gasteiger partial charge in [0.1, 0.15) is 12.4 Å². The van der Waals surface area contributed by atoms with Crippen LogP contribution in [0.1, 0.15) is 26.3 Å². The molecule has 0 unspecified atom stereocenters. The Morgan fingerprint density at radius 2 is 1.80 bits per heavy atom. The van der Waals surface area contributed by atoms with Crippen LogP contribution in [-0.4, -0.2) is 32.9 Å². The van der Waals surface area contributed by atoms with Gasteiger partial charge in [0, 0.05) is 5.54 Å². The molecule has 1 aromatic rings. The zero-order chi connectivity index (χ0) is 15.2. The Morgan fingerprint density at radius 1 is 1.20 bits per heavy atom. The van der Waals surface area contributed by atoms with Crippen LogP contribution in [0.5, 0.6) is 0 Å². The number of carbonyl (C=O) groups is 1. The average molecular weight is 299 g/mol. The fourth-order valence-corrected chi connectivity index (χ4v) is 2.39. The quantitative estimate of drug-likeness (QED) is 0.772. The zero-order valence-corrected chi connectivity index (χ0v) is 12.9. The van der Waals surface area contributed by atoms with Gasteiger partial charge in [0.05, 0.1) is 6.54 Å². The first-order chi connectivity index (χ1) is 9.18. The minimum absolute atomic E-state index is 0.0877. The first-order valence-corrected chi connectivity index (χ1v) is 7.93. The van der Waals surface area contributed by atoms with E-state index in [1.807, 2.05) is 20.8 Å². The summed E-state index contributed by atoms with van der Waals surface area (Å²) in [4.78, 5) is 11.5. The molecular weight excluding hydrogens is 278 g/mol. The highest BCUT2D eigenvalue weighted by atomic mass is 32.2. The van der Waals surface area contributed by atoms with E-state index >= 15 is 0 Å². The first-order valence-electron chi connectivity index (χ1n) is 6.36. The maximum Gasteiger partial charge on any atom is 0.271 e. The summed E-state index contributed by atoms with van der Waals surface area (Å²) >= 11 is 0. The lowest BCUT2D eigenvalue weighted by atomic mass is 10.1. The van der Waals surface area contributed by atoms with E-state index < -0.39 is 16.7 Å². The molecule has 0 aliphatic rings. The lowest BCUT2D eigenvalue weighted by Crippen LogP contribution is -2.40. The maximum atomic E-state index is 11.7. The molecule has 0 radical (unpaired) electrons. The van der Waals surface area contributed by atoms with Gasteiger partial charge < -0.3 is 5.32 Å². The van der Waals surface area contributed by atoms with Gasteiger partial charge in [-0.3, -0.25) is 8.98 Å². The molecule has 0 aromatic heterocycles. The Balaban J connectivity index is 2.42. The number of rotatable bonds is 7. The number of nitrogens with one attached hydrogen (secondary N) is 1. The van der Waals surface area contributed by atoms with Crippen molar-refractivity contribution >= 4 is 15.9 Å². The Hall–Kier alpha value is -1.24. The Bertz CT molecular complexity index is 532. The van der Waals surface area contributed by atoms with Gasteiger partial charge >= 0.3 is 0 Å².